The molecule has 32 heavy (non-hydrogen) atoms. The molecule has 1 aromatic carbocycles. The molecule has 1 aliphatic rings. The number of ether oxygens (including phenoxy) is 2. The molecule has 2 aromatic heterocycles. The fourth-order valence-corrected chi connectivity index (χ4v) is 4.40. The predicted octanol–water partition coefficient (Wildman–Crippen LogP) is 3.64. The highest BCUT2D eigenvalue weighted by Crippen LogP contribution is 2.34. The number of nitrogens with zero attached hydrogens (tertiary/aromatic N) is 3. The Morgan fingerprint density at radius 3 is 2.56 bits per heavy atom. The van der Waals surface area contributed by atoms with E-state index in [9.17, 15) is 9.59 Å². The number of carbonyl (C=O) groups excluding carboxylic acids is 2. The third-order valence-corrected chi connectivity index (χ3v) is 6.11. The van der Waals surface area contributed by atoms with Gasteiger partial charge in [0.15, 0.2) is 11.5 Å². The minimum atomic E-state index is -0.273. The molecule has 2 amide bonds. The summed E-state index contributed by atoms with van der Waals surface area (Å²) in [5, 5.41) is 5.46. The first-order chi connectivity index (χ1) is 15.6. The SMILES string of the molecule is COc1cc(NC(=O)Cc2csc(-c3ccccn3)n2)c(C(=O)N2CCCC2)cc1OC. The Hall–Kier alpha value is -3.46. The lowest BCUT2D eigenvalue weighted by molar-refractivity contribution is -0.115. The molecule has 3 heterocycles. The monoisotopic (exact) mass is 452 g/mol. The smallest absolute Gasteiger partial charge is 0.256 e. The van der Waals surface area contributed by atoms with Crippen LogP contribution >= 0.6 is 11.3 Å². The van der Waals surface area contributed by atoms with Crippen molar-refractivity contribution in [3.05, 3.63) is 53.2 Å². The van der Waals surface area contributed by atoms with Crippen molar-refractivity contribution in [3.63, 3.8) is 0 Å². The van der Waals surface area contributed by atoms with Gasteiger partial charge in [-0.05, 0) is 31.0 Å². The van der Waals surface area contributed by atoms with Crippen molar-refractivity contribution < 1.29 is 19.1 Å². The number of benzene rings is 1. The average Bonchev–Trinajstić information content (AvgIpc) is 3.51. The van der Waals surface area contributed by atoms with Crippen LogP contribution in [0.4, 0.5) is 5.69 Å². The van der Waals surface area contributed by atoms with Crippen LogP contribution in [-0.2, 0) is 11.2 Å². The maximum atomic E-state index is 13.1. The van der Waals surface area contributed by atoms with Gasteiger partial charge in [0.05, 0.1) is 43.3 Å². The van der Waals surface area contributed by atoms with Gasteiger partial charge in [-0.15, -0.1) is 11.3 Å². The highest BCUT2D eigenvalue weighted by Gasteiger charge is 2.25. The first-order valence-electron chi connectivity index (χ1n) is 10.3. The minimum absolute atomic E-state index is 0.0784. The Kier molecular flexibility index (Phi) is 6.65. The van der Waals surface area contributed by atoms with E-state index in [1.807, 2.05) is 23.6 Å². The van der Waals surface area contributed by atoms with Crippen molar-refractivity contribution in [1.29, 1.82) is 0 Å². The number of nitrogens with one attached hydrogen (secondary N) is 1. The fourth-order valence-electron chi connectivity index (χ4n) is 3.60. The van der Waals surface area contributed by atoms with Crippen LogP contribution in [0.1, 0.15) is 28.9 Å². The Labute approximate surface area is 190 Å². The van der Waals surface area contributed by atoms with Gasteiger partial charge in [-0.1, -0.05) is 6.07 Å². The largest absolute Gasteiger partial charge is 0.493 e. The number of aromatic nitrogens is 2. The Morgan fingerprint density at radius 2 is 1.88 bits per heavy atom. The maximum absolute atomic E-state index is 13.1. The number of methoxy groups -OCH3 is 2. The summed E-state index contributed by atoms with van der Waals surface area (Å²) < 4.78 is 10.7. The summed E-state index contributed by atoms with van der Waals surface area (Å²) in [5.74, 6) is 0.467. The number of thiazole rings is 1. The number of carbonyl (C=O) groups is 2. The molecule has 0 bridgehead atoms. The van der Waals surface area contributed by atoms with Gasteiger partial charge in [0.25, 0.3) is 5.91 Å². The summed E-state index contributed by atoms with van der Waals surface area (Å²) >= 11 is 1.44. The summed E-state index contributed by atoms with van der Waals surface area (Å²) in [7, 11) is 3.03. The molecule has 0 saturated carbocycles. The van der Waals surface area contributed by atoms with Crippen LogP contribution in [0.2, 0.25) is 0 Å². The second-order valence-electron chi connectivity index (χ2n) is 7.34. The third kappa shape index (κ3) is 4.72. The second kappa shape index (κ2) is 9.78. The number of likely N-dealkylation sites (tertiary alicyclic amines) is 1. The van der Waals surface area contributed by atoms with E-state index >= 15 is 0 Å². The lowest BCUT2D eigenvalue weighted by atomic mass is 10.1. The molecule has 9 heteroatoms. The number of amides is 2. The molecular weight excluding hydrogens is 428 g/mol. The van der Waals surface area contributed by atoms with Crippen LogP contribution in [0.15, 0.2) is 41.9 Å². The topological polar surface area (TPSA) is 93.7 Å². The fraction of sp³-hybridized carbons (Fsp3) is 0.304. The van der Waals surface area contributed by atoms with Crippen LogP contribution in [0.3, 0.4) is 0 Å². The molecule has 0 aliphatic carbocycles. The lowest BCUT2D eigenvalue weighted by Crippen LogP contribution is -2.29. The van der Waals surface area contributed by atoms with E-state index in [4.69, 9.17) is 9.47 Å². The number of pyridine rings is 1. The zero-order chi connectivity index (χ0) is 22.5. The zero-order valence-electron chi connectivity index (χ0n) is 18.0. The Bertz CT molecular complexity index is 1110. The standard InChI is InChI=1S/C23H24N4O4S/c1-30-19-12-16(23(29)27-9-5-6-10-27)18(13-20(19)31-2)26-21(28)11-15-14-32-22(25-15)17-7-3-4-8-24-17/h3-4,7-8,12-14H,5-6,9-11H2,1-2H3,(H,26,28). The third-order valence-electron chi connectivity index (χ3n) is 5.20. The lowest BCUT2D eigenvalue weighted by Gasteiger charge is -2.20. The van der Waals surface area contributed by atoms with Crippen LogP contribution in [0, 0.1) is 0 Å². The van der Waals surface area contributed by atoms with E-state index in [2.05, 4.69) is 15.3 Å². The van der Waals surface area contributed by atoms with Crippen molar-refractivity contribution in [2.24, 2.45) is 0 Å². The highest BCUT2D eigenvalue weighted by molar-refractivity contribution is 7.13. The van der Waals surface area contributed by atoms with Crippen LogP contribution in [-0.4, -0.2) is 54.0 Å². The van der Waals surface area contributed by atoms with Gasteiger partial charge in [0.1, 0.15) is 5.01 Å². The predicted molar refractivity (Wildman–Crippen MR) is 122 cm³/mol. The van der Waals surface area contributed by atoms with Gasteiger partial charge < -0.3 is 19.7 Å². The maximum Gasteiger partial charge on any atom is 0.256 e. The van der Waals surface area contributed by atoms with E-state index in [0.29, 0.717) is 41.5 Å². The van der Waals surface area contributed by atoms with E-state index in [1.165, 1.54) is 25.6 Å². The second-order valence-corrected chi connectivity index (χ2v) is 8.19. The van der Waals surface area contributed by atoms with Crippen molar-refractivity contribution in [2.75, 3.05) is 32.6 Å². The molecule has 1 saturated heterocycles. The van der Waals surface area contributed by atoms with Gasteiger partial charge in [-0.25, -0.2) is 4.98 Å². The Balaban J connectivity index is 1.55. The number of hydrogen-bond donors (Lipinski definition) is 1. The summed E-state index contributed by atoms with van der Waals surface area (Å²) in [4.78, 5) is 36.5. The Morgan fingerprint density at radius 1 is 1.12 bits per heavy atom. The van der Waals surface area contributed by atoms with E-state index in [0.717, 1.165) is 23.5 Å². The van der Waals surface area contributed by atoms with Gasteiger partial charge in [0, 0.05) is 30.7 Å². The molecule has 0 radical (unpaired) electrons. The normalized spacial score (nSPS) is 13.1. The van der Waals surface area contributed by atoms with Crippen molar-refractivity contribution >= 4 is 28.8 Å². The molecule has 166 valence electrons. The quantitative estimate of drug-likeness (QED) is 0.588. The first kappa shape index (κ1) is 21.8. The molecule has 1 N–H and O–H groups in total. The van der Waals surface area contributed by atoms with E-state index < -0.39 is 0 Å². The first-order valence-corrected chi connectivity index (χ1v) is 11.2. The van der Waals surface area contributed by atoms with Crippen molar-refractivity contribution in [2.45, 2.75) is 19.3 Å². The molecular formula is C23H24N4O4S. The summed E-state index contributed by atoms with van der Waals surface area (Å²) in [6.07, 6.45) is 3.74. The average molecular weight is 453 g/mol. The molecule has 1 fully saturated rings. The highest BCUT2D eigenvalue weighted by atomic mass is 32.1. The van der Waals surface area contributed by atoms with Crippen LogP contribution in [0.25, 0.3) is 10.7 Å². The van der Waals surface area contributed by atoms with Crippen molar-refractivity contribution in [1.82, 2.24) is 14.9 Å². The number of rotatable bonds is 7. The summed E-state index contributed by atoms with van der Waals surface area (Å²) in [5.41, 5.74) is 2.18. The van der Waals surface area contributed by atoms with Gasteiger partial charge in [-0.3, -0.25) is 14.6 Å². The molecule has 0 atom stereocenters. The van der Waals surface area contributed by atoms with Crippen LogP contribution < -0.4 is 14.8 Å². The van der Waals surface area contributed by atoms with E-state index in [1.54, 1.807) is 23.2 Å². The van der Waals surface area contributed by atoms with Crippen molar-refractivity contribution in [3.8, 4) is 22.2 Å². The molecule has 0 unspecified atom stereocenters. The zero-order valence-corrected chi connectivity index (χ0v) is 18.8. The van der Waals surface area contributed by atoms with Gasteiger partial charge in [-0.2, -0.15) is 0 Å². The summed E-state index contributed by atoms with van der Waals surface area (Å²) in [6.45, 7) is 1.41. The number of anilines is 1. The van der Waals surface area contributed by atoms with E-state index in [-0.39, 0.29) is 18.2 Å². The van der Waals surface area contributed by atoms with Gasteiger partial charge in [0.2, 0.25) is 5.91 Å². The number of hydrogen-bond acceptors (Lipinski definition) is 7. The van der Waals surface area contributed by atoms with Crippen LogP contribution in [0.5, 0.6) is 11.5 Å². The molecule has 8 nitrogen and oxygen atoms in total. The molecule has 1 aliphatic heterocycles. The molecule has 3 aromatic rings. The molecule has 4 rings (SSSR count). The summed E-state index contributed by atoms with van der Waals surface area (Å²) in [6, 6.07) is 8.86. The molecule has 0 spiro atoms. The van der Waals surface area contributed by atoms with Gasteiger partial charge >= 0.3 is 0 Å². The minimum Gasteiger partial charge on any atom is -0.493 e.